The van der Waals surface area contributed by atoms with Gasteiger partial charge in [-0.1, -0.05) is 159 Å². The van der Waals surface area contributed by atoms with Crippen LogP contribution in [-0.2, 0) is 27.8 Å². The Hall–Kier alpha value is -3.24. The number of nitrogens with zero attached hydrogens (tertiary/aromatic N) is 1. The van der Waals surface area contributed by atoms with E-state index in [-0.39, 0.29) is 16.6 Å². The van der Waals surface area contributed by atoms with Gasteiger partial charge in [-0.3, -0.25) is 4.79 Å². The minimum absolute atomic E-state index is 0.0277. The normalized spacial score (nSPS) is 12.4. The Balaban J connectivity index is -0.000000258. The molecule has 1 aliphatic carbocycles. The lowest BCUT2D eigenvalue weighted by Crippen LogP contribution is -2.35. The quantitative estimate of drug-likeness (QED) is 0.140. The van der Waals surface area contributed by atoms with Crippen LogP contribution < -0.4 is 0 Å². The predicted molar refractivity (Wildman–Crippen MR) is 265 cm³/mol. The number of aliphatic hydroxyl groups is 1. The fourth-order valence-corrected chi connectivity index (χ4v) is 5.78. The van der Waals surface area contributed by atoms with Gasteiger partial charge in [-0.25, -0.2) is 0 Å². The van der Waals surface area contributed by atoms with Crippen molar-refractivity contribution in [3.8, 4) is 0 Å². The third-order valence-corrected chi connectivity index (χ3v) is 10.3. The smallest absolute Gasteiger partial charge is 0.158 e. The maximum absolute atomic E-state index is 11.8. The van der Waals surface area contributed by atoms with Crippen LogP contribution >= 0.6 is 0 Å². The first-order chi connectivity index (χ1) is 27.1. The Labute approximate surface area is 363 Å². The van der Waals surface area contributed by atoms with Crippen molar-refractivity contribution in [2.75, 3.05) is 20.1 Å². The largest absolute Gasteiger partial charge is 0.511 e. The zero-order chi connectivity index (χ0) is 46.9. The van der Waals surface area contributed by atoms with E-state index in [0.29, 0.717) is 16.7 Å². The highest BCUT2D eigenvalue weighted by Crippen LogP contribution is 2.50. The molecule has 4 heteroatoms. The summed E-state index contributed by atoms with van der Waals surface area (Å²) in [7, 11) is 2.20. The lowest BCUT2D eigenvalue weighted by Gasteiger charge is -2.42. The maximum atomic E-state index is 11.8. The van der Waals surface area contributed by atoms with Crippen LogP contribution in [0.2, 0.25) is 0 Å². The topological polar surface area (TPSA) is 57.6 Å². The molecule has 0 spiro atoms. The second kappa shape index (κ2) is 35.7. The molecule has 4 nitrogen and oxygen atoms in total. The summed E-state index contributed by atoms with van der Waals surface area (Å²) in [5.41, 5.74) is 10.4. The van der Waals surface area contributed by atoms with Gasteiger partial charge in [-0.05, 0) is 150 Å². The highest BCUT2D eigenvalue weighted by molar-refractivity contribution is 5.93. The van der Waals surface area contributed by atoms with Gasteiger partial charge in [0.05, 0.1) is 0 Å². The zero-order valence-electron chi connectivity index (χ0n) is 42.4. The van der Waals surface area contributed by atoms with E-state index in [1.54, 1.807) is 19.9 Å². The van der Waals surface area contributed by atoms with Crippen molar-refractivity contribution in [3.63, 3.8) is 0 Å². The van der Waals surface area contributed by atoms with Crippen LogP contribution in [0.5, 0.6) is 0 Å². The van der Waals surface area contributed by atoms with E-state index in [4.69, 9.17) is 4.79 Å². The van der Waals surface area contributed by atoms with E-state index >= 15 is 0 Å². The standard InChI is InChI=1S/C25H39NO2.C13H18.C6H14.C3H6.3C2H6.CH2O/c1-7-15-26(6)16-8-10-22-11-12-23(19(3)18(22)2)17-25(13-9-14-25)24(28)20(4)21(5)27;1-6-11-9-12(13(3,4)5)8-7-10(11)2;1-5-6(2,3)4;1-3-2;4*1-2/h11-12,28H,7-10,13-17H2,1-6H3;6-9H,1H2,2-5H3;5H2,1-4H3;3H,1H2,2H3;3*1-2H3;1H2/b24-20-;;;;;;;. The number of hydrogen-bond acceptors (Lipinski definition) is 4. The van der Waals surface area contributed by atoms with Crippen LogP contribution in [0.1, 0.15) is 195 Å². The van der Waals surface area contributed by atoms with Gasteiger partial charge in [0.15, 0.2) is 5.78 Å². The summed E-state index contributed by atoms with van der Waals surface area (Å²) < 4.78 is 0. The molecular formula is C54H97NO3. The van der Waals surface area contributed by atoms with Crippen LogP contribution in [0.4, 0.5) is 0 Å². The van der Waals surface area contributed by atoms with E-state index in [9.17, 15) is 9.90 Å². The molecule has 1 saturated carbocycles. The highest BCUT2D eigenvalue weighted by Gasteiger charge is 2.42. The number of ketones is 1. The first kappa shape index (κ1) is 63.9. The van der Waals surface area contributed by atoms with Gasteiger partial charge >= 0.3 is 0 Å². The molecule has 0 saturated heterocycles. The van der Waals surface area contributed by atoms with Crippen molar-refractivity contribution < 1.29 is 14.7 Å². The van der Waals surface area contributed by atoms with E-state index < -0.39 is 0 Å². The van der Waals surface area contributed by atoms with Gasteiger partial charge in [-0.15, -0.1) is 6.58 Å². The monoisotopic (exact) mass is 808 g/mol. The summed E-state index contributed by atoms with van der Waals surface area (Å²) in [5.74, 6) is 0.298. The number of hydrogen-bond donors (Lipinski definition) is 1. The van der Waals surface area contributed by atoms with Crippen LogP contribution in [-0.4, -0.2) is 42.7 Å². The molecule has 0 atom stereocenters. The first-order valence-corrected chi connectivity index (χ1v) is 22.4. The molecule has 3 rings (SSSR count). The average molecular weight is 808 g/mol. The summed E-state index contributed by atoms with van der Waals surface area (Å²) in [6.07, 6.45) is 12.3. The molecule has 58 heavy (non-hydrogen) atoms. The van der Waals surface area contributed by atoms with Crippen molar-refractivity contribution in [1.29, 1.82) is 0 Å². The van der Waals surface area contributed by atoms with Crippen LogP contribution in [0.25, 0.3) is 6.08 Å². The number of benzene rings is 2. The number of aryl methyl sites for hydroxylation is 2. The number of carbonyl (C=O) groups is 2. The summed E-state index contributed by atoms with van der Waals surface area (Å²) in [6.45, 7) is 53.1. The maximum Gasteiger partial charge on any atom is 0.158 e. The minimum Gasteiger partial charge on any atom is -0.511 e. The molecule has 0 heterocycles. The molecule has 0 aliphatic heterocycles. The SMILES string of the molecule is C=CC.C=Cc1cc(C(C)(C)C)ccc1C.C=O.CC.CC.CC.CCC(C)(C)C.CCCN(C)CCCc1ccc(CC2(/C(O)=C(\C)C(C)=O)CCC2)c(C)c1C. The molecule has 2 aromatic rings. The number of Topliss-reactive ketones (excluding diaryl/α,β-unsaturated/α-hetero) is 1. The van der Waals surface area contributed by atoms with Crippen molar-refractivity contribution >= 4 is 18.6 Å². The molecule has 0 aromatic heterocycles. The highest BCUT2D eigenvalue weighted by atomic mass is 16.3. The van der Waals surface area contributed by atoms with Gasteiger partial charge in [0.25, 0.3) is 0 Å². The molecule has 0 radical (unpaired) electrons. The van der Waals surface area contributed by atoms with Crippen molar-refractivity contribution in [3.05, 3.63) is 99.8 Å². The van der Waals surface area contributed by atoms with Crippen molar-refractivity contribution in [1.82, 2.24) is 4.90 Å². The number of rotatable bonds is 11. The van der Waals surface area contributed by atoms with Crippen LogP contribution in [0.15, 0.2) is 60.9 Å². The second-order valence-electron chi connectivity index (χ2n) is 16.7. The first-order valence-electron chi connectivity index (χ1n) is 22.4. The Kier molecular flexibility index (Phi) is 39.3. The zero-order valence-corrected chi connectivity index (χ0v) is 42.4. The van der Waals surface area contributed by atoms with Crippen LogP contribution in [0.3, 0.4) is 0 Å². The van der Waals surface area contributed by atoms with E-state index in [0.717, 1.165) is 45.2 Å². The molecular weight excluding hydrogens is 711 g/mol. The van der Waals surface area contributed by atoms with Crippen molar-refractivity contribution in [2.24, 2.45) is 10.8 Å². The fraction of sp³-hybridized carbons (Fsp3) is 0.630. The number of carbonyl (C=O) groups excluding carboxylic acids is 2. The molecule has 1 N–H and O–H groups in total. The minimum atomic E-state index is -0.239. The third-order valence-electron chi connectivity index (χ3n) is 10.3. The summed E-state index contributed by atoms with van der Waals surface area (Å²) in [6, 6.07) is 11.1. The Morgan fingerprint density at radius 1 is 0.828 bits per heavy atom. The Morgan fingerprint density at radius 3 is 1.64 bits per heavy atom. The van der Waals surface area contributed by atoms with Gasteiger partial charge in [0, 0.05) is 11.0 Å². The summed E-state index contributed by atoms with van der Waals surface area (Å²) in [4.78, 5) is 22.2. The Bertz CT molecular complexity index is 1400. The van der Waals surface area contributed by atoms with E-state index in [2.05, 4.69) is 132 Å². The average Bonchev–Trinajstić information content (AvgIpc) is 3.18. The van der Waals surface area contributed by atoms with Crippen molar-refractivity contribution in [2.45, 2.75) is 195 Å². The summed E-state index contributed by atoms with van der Waals surface area (Å²) in [5, 5.41) is 10.8. The van der Waals surface area contributed by atoms with Crippen LogP contribution in [0, 0.1) is 31.6 Å². The lowest BCUT2D eigenvalue weighted by molar-refractivity contribution is -0.114. The van der Waals surface area contributed by atoms with Gasteiger partial charge in [-0.2, -0.15) is 0 Å². The van der Waals surface area contributed by atoms with Gasteiger partial charge < -0.3 is 14.8 Å². The van der Waals surface area contributed by atoms with E-state index in [1.165, 1.54) is 58.2 Å². The number of allylic oxidation sites excluding steroid dienone is 3. The molecule has 1 fully saturated rings. The van der Waals surface area contributed by atoms with Gasteiger partial charge in [0.2, 0.25) is 0 Å². The number of aliphatic hydroxyl groups excluding tert-OH is 1. The molecule has 0 amide bonds. The van der Waals surface area contributed by atoms with Gasteiger partial charge in [0.1, 0.15) is 12.5 Å². The third kappa shape index (κ3) is 26.0. The Morgan fingerprint density at radius 2 is 1.28 bits per heavy atom. The molecule has 1 aliphatic rings. The summed E-state index contributed by atoms with van der Waals surface area (Å²) >= 11 is 0. The fourth-order valence-electron chi connectivity index (χ4n) is 5.78. The predicted octanol–water partition coefficient (Wildman–Crippen LogP) is 16.2. The molecule has 0 unspecified atom stereocenters. The second-order valence-corrected chi connectivity index (χ2v) is 16.7. The molecule has 2 aromatic carbocycles. The lowest BCUT2D eigenvalue weighted by atomic mass is 9.62. The molecule has 0 bridgehead atoms. The van der Waals surface area contributed by atoms with E-state index in [1.807, 2.05) is 61.3 Å². The molecule has 336 valence electrons.